The quantitative estimate of drug-likeness (QED) is 0.539. The lowest BCUT2D eigenvalue weighted by molar-refractivity contribution is 0.573. The molecule has 0 spiro atoms. The van der Waals surface area contributed by atoms with E-state index in [4.69, 9.17) is 0 Å². The molecule has 0 aromatic rings. The summed E-state index contributed by atoms with van der Waals surface area (Å²) in [5.74, 6) is 1.02. The van der Waals surface area contributed by atoms with Gasteiger partial charge < -0.3 is 10.6 Å². The number of aliphatic imine (C=N–C) groups is 1. The van der Waals surface area contributed by atoms with Crippen molar-refractivity contribution in [2.45, 2.75) is 63.5 Å². The molecule has 2 fully saturated rings. The molecule has 2 saturated carbocycles. The van der Waals surface area contributed by atoms with Crippen LogP contribution in [0.25, 0.3) is 0 Å². The van der Waals surface area contributed by atoms with Gasteiger partial charge in [-0.3, -0.25) is 4.99 Å². The fourth-order valence-corrected chi connectivity index (χ4v) is 2.70. The number of hydrogen-bond acceptors (Lipinski definition) is 1. The number of rotatable bonds is 2. The highest BCUT2D eigenvalue weighted by molar-refractivity contribution is 5.80. The highest BCUT2D eigenvalue weighted by Gasteiger charge is 2.19. The Balaban J connectivity index is 1.76. The molecule has 0 aliphatic heterocycles. The monoisotopic (exact) mass is 209 g/mol. The van der Waals surface area contributed by atoms with E-state index >= 15 is 0 Å². The highest BCUT2D eigenvalue weighted by Crippen LogP contribution is 2.19. The summed E-state index contributed by atoms with van der Waals surface area (Å²) in [6.07, 6.45) is 10.7. The van der Waals surface area contributed by atoms with Crippen molar-refractivity contribution in [3.05, 3.63) is 0 Å². The average molecular weight is 209 g/mol. The second kappa shape index (κ2) is 5.38. The summed E-state index contributed by atoms with van der Waals surface area (Å²) in [4.78, 5) is 4.31. The number of nitrogens with zero attached hydrogens (tertiary/aromatic N) is 1. The molecule has 0 bridgehead atoms. The molecule has 0 aromatic heterocycles. The van der Waals surface area contributed by atoms with Crippen molar-refractivity contribution in [2.75, 3.05) is 7.05 Å². The molecule has 0 saturated heterocycles. The summed E-state index contributed by atoms with van der Waals surface area (Å²) in [6.45, 7) is 0. The van der Waals surface area contributed by atoms with Crippen LogP contribution in [0, 0.1) is 0 Å². The van der Waals surface area contributed by atoms with E-state index in [0.29, 0.717) is 12.1 Å². The van der Waals surface area contributed by atoms with Gasteiger partial charge in [-0.1, -0.05) is 25.7 Å². The molecule has 0 amide bonds. The maximum absolute atomic E-state index is 4.31. The van der Waals surface area contributed by atoms with E-state index in [2.05, 4.69) is 15.6 Å². The molecule has 3 nitrogen and oxygen atoms in total. The average Bonchev–Trinajstić information content (AvgIpc) is 2.89. The van der Waals surface area contributed by atoms with Crippen LogP contribution < -0.4 is 10.6 Å². The Morgan fingerprint density at radius 1 is 0.867 bits per heavy atom. The van der Waals surface area contributed by atoms with Gasteiger partial charge in [-0.15, -0.1) is 0 Å². The second-order valence-electron chi connectivity index (χ2n) is 4.82. The number of guanidine groups is 1. The Morgan fingerprint density at radius 2 is 1.27 bits per heavy atom. The molecular formula is C12H23N3. The smallest absolute Gasteiger partial charge is 0.191 e. The molecule has 86 valence electrons. The Kier molecular flexibility index (Phi) is 3.87. The molecule has 0 radical (unpaired) electrons. The van der Waals surface area contributed by atoms with Gasteiger partial charge in [0.05, 0.1) is 0 Å². The molecule has 0 heterocycles. The number of hydrogen-bond donors (Lipinski definition) is 2. The number of nitrogens with one attached hydrogen (secondary N) is 2. The third-order valence-corrected chi connectivity index (χ3v) is 3.62. The van der Waals surface area contributed by atoms with E-state index in [0.717, 1.165) is 5.96 Å². The summed E-state index contributed by atoms with van der Waals surface area (Å²) in [6, 6.07) is 1.33. The fraction of sp³-hybridized carbons (Fsp3) is 0.917. The molecular weight excluding hydrogens is 186 g/mol. The van der Waals surface area contributed by atoms with Crippen molar-refractivity contribution in [3.8, 4) is 0 Å². The predicted molar refractivity (Wildman–Crippen MR) is 64.1 cm³/mol. The van der Waals surface area contributed by atoms with E-state index < -0.39 is 0 Å². The third kappa shape index (κ3) is 3.11. The van der Waals surface area contributed by atoms with Crippen LogP contribution in [0.15, 0.2) is 4.99 Å². The lowest BCUT2D eigenvalue weighted by Crippen LogP contribution is -2.45. The molecule has 0 unspecified atom stereocenters. The SMILES string of the molecule is CN=C(NC1CCCC1)NC1CCCC1. The van der Waals surface area contributed by atoms with Crippen LogP contribution in [0.5, 0.6) is 0 Å². The maximum atomic E-state index is 4.31. The summed E-state index contributed by atoms with van der Waals surface area (Å²) in [5.41, 5.74) is 0. The predicted octanol–water partition coefficient (Wildman–Crippen LogP) is 2.04. The third-order valence-electron chi connectivity index (χ3n) is 3.62. The Morgan fingerprint density at radius 3 is 1.60 bits per heavy atom. The van der Waals surface area contributed by atoms with E-state index in [1.54, 1.807) is 0 Å². The molecule has 3 heteroatoms. The van der Waals surface area contributed by atoms with Gasteiger partial charge in [-0.2, -0.15) is 0 Å². The minimum absolute atomic E-state index is 0.664. The maximum Gasteiger partial charge on any atom is 0.191 e. The van der Waals surface area contributed by atoms with E-state index in [1.165, 1.54) is 51.4 Å². The Hall–Kier alpha value is -0.730. The molecule has 0 aromatic carbocycles. The first-order valence-corrected chi connectivity index (χ1v) is 6.38. The normalized spacial score (nSPS) is 23.0. The van der Waals surface area contributed by atoms with Crippen LogP contribution in [-0.2, 0) is 0 Å². The Bertz CT molecular complexity index is 193. The standard InChI is InChI=1S/C12H23N3/c1-13-12(14-10-6-2-3-7-10)15-11-8-4-5-9-11/h10-11H,2-9H2,1H3,(H2,13,14,15). The van der Waals surface area contributed by atoms with Gasteiger partial charge in [0.1, 0.15) is 0 Å². The minimum Gasteiger partial charge on any atom is -0.354 e. The van der Waals surface area contributed by atoms with Gasteiger partial charge in [0.2, 0.25) is 0 Å². The largest absolute Gasteiger partial charge is 0.354 e. The molecule has 2 aliphatic rings. The van der Waals surface area contributed by atoms with E-state index in [9.17, 15) is 0 Å². The van der Waals surface area contributed by atoms with Crippen LogP contribution in [0.1, 0.15) is 51.4 Å². The zero-order chi connectivity index (χ0) is 10.5. The van der Waals surface area contributed by atoms with Crippen molar-refractivity contribution >= 4 is 5.96 Å². The summed E-state index contributed by atoms with van der Waals surface area (Å²) in [7, 11) is 1.87. The summed E-state index contributed by atoms with van der Waals surface area (Å²) < 4.78 is 0. The van der Waals surface area contributed by atoms with Gasteiger partial charge in [0, 0.05) is 19.1 Å². The first kappa shape index (κ1) is 10.8. The molecule has 2 N–H and O–H groups in total. The first-order chi connectivity index (χ1) is 7.38. The van der Waals surface area contributed by atoms with Gasteiger partial charge in [-0.05, 0) is 25.7 Å². The summed E-state index contributed by atoms with van der Waals surface area (Å²) in [5, 5.41) is 7.06. The van der Waals surface area contributed by atoms with E-state index in [-0.39, 0.29) is 0 Å². The van der Waals surface area contributed by atoms with Crippen molar-refractivity contribution in [1.82, 2.24) is 10.6 Å². The van der Waals surface area contributed by atoms with Crippen LogP contribution >= 0.6 is 0 Å². The van der Waals surface area contributed by atoms with Crippen LogP contribution in [0.3, 0.4) is 0 Å². The molecule has 0 atom stereocenters. The first-order valence-electron chi connectivity index (χ1n) is 6.38. The Labute approximate surface area is 92.7 Å². The van der Waals surface area contributed by atoms with Crippen LogP contribution in [0.2, 0.25) is 0 Å². The lowest BCUT2D eigenvalue weighted by Gasteiger charge is -2.20. The van der Waals surface area contributed by atoms with Gasteiger partial charge in [-0.25, -0.2) is 0 Å². The minimum atomic E-state index is 0.664. The van der Waals surface area contributed by atoms with Crippen molar-refractivity contribution in [1.29, 1.82) is 0 Å². The highest BCUT2D eigenvalue weighted by atomic mass is 15.2. The van der Waals surface area contributed by atoms with Crippen molar-refractivity contribution in [2.24, 2.45) is 4.99 Å². The van der Waals surface area contributed by atoms with Crippen molar-refractivity contribution in [3.63, 3.8) is 0 Å². The lowest BCUT2D eigenvalue weighted by atomic mass is 10.2. The zero-order valence-corrected chi connectivity index (χ0v) is 9.76. The summed E-state index contributed by atoms with van der Waals surface area (Å²) >= 11 is 0. The second-order valence-corrected chi connectivity index (χ2v) is 4.82. The topological polar surface area (TPSA) is 36.4 Å². The van der Waals surface area contributed by atoms with Crippen LogP contribution in [0.4, 0.5) is 0 Å². The van der Waals surface area contributed by atoms with Crippen molar-refractivity contribution < 1.29 is 0 Å². The fourth-order valence-electron chi connectivity index (χ4n) is 2.70. The molecule has 2 rings (SSSR count). The zero-order valence-electron chi connectivity index (χ0n) is 9.76. The van der Waals surface area contributed by atoms with Gasteiger partial charge in [0.15, 0.2) is 5.96 Å². The van der Waals surface area contributed by atoms with E-state index in [1.807, 2.05) is 7.05 Å². The van der Waals surface area contributed by atoms with Crippen LogP contribution in [-0.4, -0.2) is 25.1 Å². The van der Waals surface area contributed by atoms with Gasteiger partial charge in [0.25, 0.3) is 0 Å². The van der Waals surface area contributed by atoms with Gasteiger partial charge >= 0.3 is 0 Å². The molecule has 2 aliphatic carbocycles. The molecule has 15 heavy (non-hydrogen) atoms.